The van der Waals surface area contributed by atoms with Crippen LogP contribution in [0.15, 0.2) is 18.2 Å². The van der Waals surface area contributed by atoms with E-state index in [4.69, 9.17) is 4.74 Å². The number of hydrogen-bond donors (Lipinski definition) is 1. The fourth-order valence-corrected chi connectivity index (χ4v) is 2.76. The zero-order valence-electron chi connectivity index (χ0n) is 11.4. The molecule has 100 valence electrons. The fraction of sp³-hybridized carbons (Fsp3) is 0.600. The largest absolute Gasteiger partial charge is 0.508 e. The van der Waals surface area contributed by atoms with Crippen molar-refractivity contribution in [2.75, 3.05) is 13.7 Å². The normalized spacial score (nSPS) is 20.9. The first-order valence-corrected chi connectivity index (χ1v) is 6.84. The fourth-order valence-electron chi connectivity index (χ4n) is 2.76. The molecule has 1 aromatic carbocycles. The number of ether oxygens (including phenoxy) is 1. The summed E-state index contributed by atoms with van der Waals surface area (Å²) < 4.78 is 5.22. The molecule has 0 aromatic heterocycles. The molecule has 1 heterocycles. The lowest BCUT2D eigenvalue weighted by Crippen LogP contribution is -2.38. The minimum Gasteiger partial charge on any atom is -0.508 e. The molecule has 3 nitrogen and oxygen atoms in total. The van der Waals surface area contributed by atoms with Crippen molar-refractivity contribution in [3.05, 3.63) is 23.8 Å². The van der Waals surface area contributed by atoms with Gasteiger partial charge in [0.15, 0.2) is 0 Å². The summed E-state index contributed by atoms with van der Waals surface area (Å²) in [5, 5.41) is 9.94. The maximum atomic E-state index is 9.94. The Morgan fingerprint density at radius 1 is 1.39 bits per heavy atom. The van der Waals surface area contributed by atoms with E-state index in [1.54, 1.807) is 19.2 Å². The average molecular weight is 249 g/mol. The summed E-state index contributed by atoms with van der Waals surface area (Å²) in [6, 6.07) is 6.12. The highest BCUT2D eigenvalue weighted by Gasteiger charge is 2.21. The molecule has 1 aliphatic heterocycles. The van der Waals surface area contributed by atoms with Gasteiger partial charge < -0.3 is 9.84 Å². The molecular weight excluding hydrogens is 226 g/mol. The van der Waals surface area contributed by atoms with Gasteiger partial charge in [0, 0.05) is 18.2 Å². The number of likely N-dealkylation sites (tertiary alicyclic amines) is 1. The molecule has 1 fully saturated rings. The third kappa shape index (κ3) is 2.96. The molecule has 3 heteroatoms. The van der Waals surface area contributed by atoms with Crippen LogP contribution in [0.1, 0.15) is 38.2 Å². The van der Waals surface area contributed by atoms with Gasteiger partial charge in [-0.05, 0) is 44.0 Å². The topological polar surface area (TPSA) is 32.7 Å². The van der Waals surface area contributed by atoms with Gasteiger partial charge in [-0.25, -0.2) is 0 Å². The Morgan fingerprint density at radius 3 is 2.94 bits per heavy atom. The molecule has 2 rings (SSSR count). The van der Waals surface area contributed by atoms with E-state index in [2.05, 4.69) is 11.8 Å². The Hall–Kier alpha value is -1.22. The van der Waals surface area contributed by atoms with Crippen LogP contribution in [0.2, 0.25) is 0 Å². The molecular formula is C15H23NO2. The van der Waals surface area contributed by atoms with E-state index in [-0.39, 0.29) is 0 Å². The lowest BCUT2D eigenvalue weighted by Gasteiger charge is -2.35. The van der Waals surface area contributed by atoms with Gasteiger partial charge in [0.2, 0.25) is 0 Å². The number of aromatic hydroxyl groups is 1. The van der Waals surface area contributed by atoms with Crippen LogP contribution in [0.3, 0.4) is 0 Å². The van der Waals surface area contributed by atoms with Crippen LogP contribution in [0, 0.1) is 0 Å². The van der Waals surface area contributed by atoms with E-state index in [0.29, 0.717) is 11.8 Å². The Bertz CT molecular complexity index is 392. The second-order valence-electron chi connectivity index (χ2n) is 5.02. The molecule has 1 aromatic rings. The van der Waals surface area contributed by atoms with Crippen molar-refractivity contribution in [1.29, 1.82) is 0 Å². The van der Waals surface area contributed by atoms with Gasteiger partial charge in [0.05, 0.1) is 7.11 Å². The summed E-state index contributed by atoms with van der Waals surface area (Å²) in [6.07, 6.45) is 5.06. The van der Waals surface area contributed by atoms with Crippen LogP contribution in [-0.2, 0) is 6.54 Å². The first kappa shape index (κ1) is 13.2. The molecule has 1 unspecified atom stereocenters. The first-order valence-electron chi connectivity index (χ1n) is 6.84. The molecule has 0 radical (unpaired) electrons. The van der Waals surface area contributed by atoms with Crippen molar-refractivity contribution in [3.63, 3.8) is 0 Å². The molecule has 0 saturated carbocycles. The smallest absolute Gasteiger partial charge is 0.120 e. The van der Waals surface area contributed by atoms with Crippen molar-refractivity contribution < 1.29 is 9.84 Å². The lowest BCUT2D eigenvalue weighted by atomic mass is 9.99. The molecule has 1 aliphatic rings. The van der Waals surface area contributed by atoms with Crippen molar-refractivity contribution in [2.24, 2.45) is 0 Å². The number of nitrogens with zero attached hydrogens (tertiary/aromatic N) is 1. The monoisotopic (exact) mass is 249 g/mol. The van der Waals surface area contributed by atoms with Gasteiger partial charge in [-0.15, -0.1) is 0 Å². The van der Waals surface area contributed by atoms with Crippen molar-refractivity contribution in [2.45, 2.75) is 45.2 Å². The number of methoxy groups -OCH3 is 1. The number of benzene rings is 1. The Morgan fingerprint density at radius 2 is 2.22 bits per heavy atom. The van der Waals surface area contributed by atoms with Crippen molar-refractivity contribution in [3.8, 4) is 11.5 Å². The Labute approximate surface area is 109 Å². The van der Waals surface area contributed by atoms with Crippen LogP contribution in [0.5, 0.6) is 11.5 Å². The van der Waals surface area contributed by atoms with Gasteiger partial charge >= 0.3 is 0 Å². The third-order valence-electron chi connectivity index (χ3n) is 3.88. The van der Waals surface area contributed by atoms with Crippen molar-refractivity contribution in [1.82, 2.24) is 4.90 Å². The lowest BCUT2D eigenvalue weighted by molar-refractivity contribution is 0.135. The highest BCUT2D eigenvalue weighted by molar-refractivity contribution is 5.39. The SMILES string of the molecule is CCC1CCCCN1Cc1cc(OC)ccc1O. The quantitative estimate of drug-likeness (QED) is 0.889. The summed E-state index contributed by atoms with van der Waals surface area (Å²) >= 11 is 0. The summed E-state index contributed by atoms with van der Waals surface area (Å²) in [5.41, 5.74) is 0.967. The van der Waals surface area contributed by atoms with Gasteiger partial charge in [-0.3, -0.25) is 4.90 Å². The molecule has 1 saturated heterocycles. The molecule has 18 heavy (non-hydrogen) atoms. The number of hydrogen-bond acceptors (Lipinski definition) is 3. The second kappa shape index (κ2) is 6.10. The van der Waals surface area contributed by atoms with E-state index in [9.17, 15) is 5.11 Å². The van der Waals surface area contributed by atoms with Crippen LogP contribution in [0.25, 0.3) is 0 Å². The standard InChI is InChI=1S/C15H23NO2/c1-3-13-6-4-5-9-16(13)11-12-10-14(18-2)7-8-15(12)17/h7-8,10,13,17H,3-6,9,11H2,1-2H3. The molecule has 0 aliphatic carbocycles. The Kier molecular flexibility index (Phi) is 4.48. The van der Waals surface area contributed by atoms with E-state index in [1.165, 1.54) is 25.7 Å². The maximum absolute atomic E-state index is 9.94. The average Bonchev–Trinajstić information content (AvgIpc) is 2.42. The summed E-state index contributed by atoms with van der Waals surface area (Å²) in [4.78, 5) is 2.48. The molecule has 0 amide bonds. The molecule has 1 N–H and O–H groups in total. The first-order chi connectivity index (χ1) is 8.74. The minimum absolute atomic E-state index is 0.372. The Balaban J connectivity index is 2.11. The van der Waals surface area contributed by atoms with Crippen molar-refractivity contribution >= 4 is 0 Å². The highest BCUT2D eigenvalue weighted by Crippen LogP contribution is 2.27. The number of rotatable bonds is 4. The number of phenols is 1. The van der Waals surface area contributed by atoms with Crippen LogP contribution >= 0.6 is 0 Å². The van der Waals surface area contributed by atoms with E-state index >= 15 is 0 Å². The summed E-state index contributed by atoms with van der Waals surface area (Å²) in [5.74, 6) is 1.18. The van der Waals surface area contributed by atoms with Crippen LogP contribution < -0.4 is 4.74 Å². The highest BCUT2D eigenvalue weighted by atomic mass is 16.5. The van der Waals surface area contributed by atoms with Crippen LogP contribution in [-0.4, -0.2) is 29.7 Å². The zero-order chi connectivity index (χ0) is 13.0. The predicted molar refractivity (Wildman–Crippen MR) is 73.0 cm³/mol. The number of piperidine rings is 1. The van der Waals surface area contributed by atoms with E-state index in [0.717, 1.165) is 24.4 Å². The van der Waals surface area contributed by atoms with Gasteiger partial charge in [-0.2, -0.15) is 0 Å². The minimum atomic E-state index is 0.372. The summed E-state index contributed by atoms with van der Waals surface area (Å²) in [6.45, 7) is 4.20. The van der Waals surface area contributed by atoms with Gasteiger partial charge in [0.25, 0.3) is 0 Å². The summed E-state index contributed by atoms with van der Waals surface area (Å²) in [7, 11) is 1.66. The molecule has 1 atom stereocenters. The zero-order valence-corrected chi connectivity index (χ0v) is 11.4. The maximum Gasteiger partial charge on any atom is 0.120 e. The third-order valence-corrected chi connectivity index (χ3v) is 3.88. The van der Waals surface area contributed by atoms with Gasteiger partial charge in [0.1, 0.15) is 11.5 Å². The van der Waals surface area contributed by atoms with Crippen LogP contribution in [0.4, 0.5) is 0 Å². The second-order valence-corrected chi connectivity index (χ2v) is 5.02. The predicted octanol–water partition coefficient (Wildman–Crippen LogP) is 3.17. The van der Waals surface area contributed by atoms with E-state index in [1.807, 2.05) is 6.07 Å². The molecule has 0 bridgehead atoms. The number of phenolic OH excluding ortho intramolecular Hbond substituents is 1. The van der Waals surface area contributed by atoms with Gasteiger partial charge in [-0.1, -0.05) is 13.3 Å². The van der Waals surface area contributed by atoms with E-state index < -0.39 is 0 Å². The molecule has 0 spiro atoms.